The molecule has 1 aromatic heterocycles. The van der Waals surface area contributed by atoms with E-state index in [-0.39, 0.29) is 35.1 Å². The van der Waals surface area contributed by atoms with Crippen LogP contribution in [-0.2, 0) is 22.4 Å². The van der Waals surface area contributed by atoms with E-state index >= 15 is 0 Å². The molecule has 12 heteroatoms. The Balaban J connectivity index is 0.00000729. The van der Waals surface area contributed by atoms with Gasteiger partial charge in [-0.05, 0) is 18.8 Å². The number of aromatic nitrogens is 1. The number of nitrogens with zero attached hydrogens (tertiary/aromatic N) is 2. The molecule has 1 aromatic rings. The highest BCUT2D eigenvalue weighted by Gasteiger charge is 2.33. The average molecular weight is 556 g/mol. The van der Waals surface area contributed by atoms with Gasteiger partial charge in [0.05, 0.1) is 10.8 Å². The highest BCUT2D eigenvalue weighted by Crippen LogP contribution is 2.30. The molecule has 6 nitrogen and oxygen atoms in total. The van der Waals surface area contributed by atoms with Crippen LogP contribution in [0.4, 0.5) is 13.2 Å². The summed E-state index contributed by atoms with van der Waals surface area (Å²) in [7, 11) is -3.03. The minimum absolute atomic E-state index is 0. The molecule has 2 N–H and O–H groups in total. The molecule has 0 aromatic carbocycles. The van der Waals surface area contributed by atoms with E-state index < -0.39 is 21.7 Å². The Kier molecular flexibility index (Phi) is 11.3. The number of hydrogen-bond donors (Lipinski definition) is 2. The number of thiazole rings is 1. The molecule has 0 fully saturated rings. The van der Waals surface area contributed by atoms with E-state index in [9.17, 15) is 21.6 Å². The molecule has 1 rings (SSSR count). The number of nitrogens with one attached hydrogen (secondary N) is 2. The van der Waals surface area contributed by atoms with Gasteiger partial charge < -0.3 is 10.6 Å². The first-order valence-electron chi connectivity index (χ1n) is 8.54. The molecule has 0 atom stereocenters. The van der Waals surface area contributed by atoms with Gasteiger partial charge >= 0.3 is 6.18 Å². The van der Waals surface area contributed by atoms with Crippen LogP contribution in [0.3, 0.4) is 0 Å². The second kappa shape index (κ2) is 11.5. The molecule has 0 aliphatic rings. The molecule has 0 saturated carbocycles. The summed E-state index contributed by atoms with van der Waals surface area (Å²) in [6.07, 6.45) is -2.37. The van der Waals surface area contributed by atoms with Crippen molar-refractivity contribution >= 4 is 51.1 Å². The van der Waals surface area contributed by atoms with Gasteiger partial charge in [-0.25, -0.2) is 13.4 Å². The van der Waals surface area contributed by atoms with Crippen molar-refractivity contribution in [1.82, 2.24) is 15.6 Å². The summed E-state index contributed by atoms with van der Waals surface area (Å²) in [6, 6.07) is 0. The van der Waals surface area contributed by atoms with Crippen molar-refractivity contribution in [3.05, 3.63) is 16.1 Å². The fourth-order valence-electron chi connectivity index (χ4n) is 2.02. The summed E-state index contributed by atoms with van der Waals surface area (Å²) in [6.45, 7) is 7.24. The maximum atomic E-state index is 12.6. The molecule has 1 heterocycles. The number of halogens is 4. The predicted octanol–water partition coefficient (Wildman–Crippen LogP) is 3.34. The largest absolute Gasteiger partial charge is 0.434 e. The van der Waals surface area contributed by atoms with Gasteiger partial charge in [0.15, 0.2) is 11.7 Å². The molecule has 0 radical (unpaired) electrons. The number of guanidine groups is 1. The maximum Gasteiger partial charge on any atom is 0.434 e. The van der Waals surface area contributed by atoms with Crippen LogP contribution < -0.4 is 10.6 Å². The van der Waals surface area contributed by atoms with E-state index in [0.29, 0.717) is 43.4 Å². The van der Waals surface area contributed by atoms with Gasteiger partial charge in [-0.2, -0.15) is 13.2 Å². The summed E-state index contributed by atoms with van der Waals surface area (Å²) in [5.74, 6) is 0.642. The highest BCUT2D eigenvalue weighted by atomic mass is 127. The lowest BCUT2D eigenvalue weighted by Gasteiger charge is -2.22. The summed E-state index contributed by atoms with van der Waals surface area (Å²) >= 11 is 0.980. The van der Waals surface area contributed by atoms with E-state index in [2.05, 4.69) is 20.6 Å². The molecule has 0 spiro atoms. The van der Waals surface area contributed by atoms with Crippen molar-refractivity contribution in [2.75, 3.05) is 31.6 Å². The fourth-order valence-corrected chi connectivity index (χ4v) is 3.75. The second-order valence-electron chi connectivity index (χ2n) is 7.04. The molecule has 164 valence electrons. The number of rotatable bonds is 9. The van der Waals surface area contributed by atoms with Gasteiger partial charge in [0.25, 0.3) is 0 Å². The topological polar surface area (TPSA) is 83.5 Å². The van der Waals surface area contributed by atoms with Crippen LogP contribution in [0.2, 0.25) is 0 Å². The Hall–Kier alpha value is -0.630. The quantitative estimate of drug-likeness (QED) is 0.277. The third kappa shape index (κ3) is 11.4. The lowest BCUT2D eigenvalue weighted by molar-refractivity contribution is -0.140. The Morgan fingerprint density at radius 3 is 2.43 bits per heavy atom. The maximum absolute atomic E-state index is 12.6. The molecule has 0 aliphatic carbocycles. The third-order valence-corrected chi connectivity index (χ3v) is 5.49. The van der Waals surface area contributed by atoms with Crippen molar-refractivity contribution in [3.8, 4) is 0 Å². The van der Waals surface area contributed by atoms with Crippen LogP contribution in [0.15, 0.2) is 10.4 Å². The minimum Gasteiger partial charge on any atom is -0.357 e. The van der Waals surface area contributed by atoms with Crippen LogP contribution in [0.25, 0.3) is 0 Å². The van der Waals surface area contributed by atoms with Crippen LogP contribution >= 0.6 is 35.3 Å². The van der Waals surface area contributed by atoms with Crippen LogP contribution in [0.5, 0.6) is 0 Å². The molecule has 0 aliphatic heterocycles. The summed E-state index contributed by atoms with van der Waals surface area (Å²) < 4.78 is 60.3. The first-order valence-corrected chi connectivity index (χ1v) is 11.5. The lowest BCUT2D eigenvalue weighted by atomic mass is 9.90. The zero-order valence-corrected chi connectivity index (χ0v) is 20.4. The van der Waals surface area contributed by atoms with Gasteiger partial charge in [0, 0.05) is 37.7 Å². The van der Waals surface area contributed by atoms with Crippen molar-refractivity contribution < 1.29 is 21.6 Å². The standard InChI is InChI=1S/C16H27F3N4O2S2.HI/c1-5-20-14(22-11-15(2,3)7-9-27(4,24)25)21-8-6-13-23-12(10-26-13)16(17,18)19;/h10H,5-9,11H2,1-4H3,(H2,20,21,22);1H. The van der Waals surface area contributed by atoms with E-state index in [1.807, 2.05) is 20.8 Å². The second-order valence-corrected chi connectivity index (χ2v) is 10.2. The molecule has 0 saturated heterocycles. The SMILES string of the molecule is CCNC(=NCC(C)(C)CCS(C)(=O)=O)NCCc1nc(C(F)(F)F)cs1.I. The fraction of sp³-hybridized carbons (Fsp3) is 0.750. The monoisotopic (exact) mass is 556 g/mol. The molecular weight excluding hydrogens is 528 g/mol. The van der Waals surface area contributed by atoms with E-state index in [1.54, 1.807) is 0 Å². The molecule has 0 bridgehead atoms. The number of aliphatic imine (C=N–C) groups is 1. The summed E-state index contributed by atoms with van der Waals surface area (Å²) in [4.78, 5) is 8.06. The molecule has 0 amide bonds. The van der Waals surface area contributed by atoms with Gasteiger partial charge in [-0.3, -0.25) is 4.99 Å². The van der Waals surface area contributed by atoms with Crippen molar-refractivity contribution in [3.63, 3.8) is 0 Å². The van der Waals surface area contributed by atoms with Crippen LogP contribution in [-0.4, -0.2) is 51.0 Å². The van der Waals surface area contributed by atoms with E-state index in [4.69, 9.17) is 0 Å². The average Bonchev–Trinajstić information content (AvgIpc) is 2.99. The zero-order valence-electron chi connectivity index (χ0n) is 16.4. The Labute approximate surface area is 185 Å². The highest BCUT2D eigenvalue weighted by molar-refractivity contribution is 14.0. The minimum atomic E-state index is -4.42. The number of hydrogen-bond acceptors (Lipinski definition) is 5. The van der Waals surface area contributed by atoms with Crippen molar-refractivity contribution in [1.29, 1.82) is 0 Å². The Bertz CT molecular complexity index is 734. The zero-order chi connectivity index (χ0) is 20.7. The summed E-state index contributed by atoms with van der Waals surface area (Å²) in [5, 5.41) is 7.55. The lowest BCUT2D eigenvalue weighted by Crippen LogP contribution is -2.39. The third-order valence-electron chi connectivity index (χ3n) is 3.63. The van der Waals surface area contributed by atoms with Gasteiger partial charge in [0.2, 0.25) is 0 Å². The molecule has 0 unspecified atom stereocenters. The molecule has 28 heavy (non-hydrogen) atoms. The first-order chi connectivity index (χ1) is 12.3. The number of sulfone groups is 1. The van der Waals surface area contributed by atoms with Crippen molar-refractivity contribution in [2.45, 2.75) is 39.8 Å². The van der Waals surface area contributed by atoms with Gasteiger partial charge in [0.1, 0.15) is 9.84 Å². The predicted molar refractivity (Wildman–Crippen MR) is 118 cm³/mol. The van der Waals surface area contributed by atoms with Crippen LogP contribution in [0.1, 0.15) is 37.9 Å². The number of alkyl halides is 3. The van der Waals surface area contributed by atoms with Gasteiger partial charge in [-0.15, -0.1) is 35.3 Å². The van der Waals surface area contributed by atoms with E-state index in [1.165, 1.54) is 6.26 Å². The Morgan fingerprint density at radius 2 is 1.93 bits per heavy atom. The Morgan fingerprint density at radius 1 is 1.29 bits per heavy atom. The first kappa shape index (κ1) is 27.4. The van der Waals surface area contributed by atoms with Crippen molar-refractivity contribution in [2.24, 2.45) is 10.4 Å². The molecular formula is C16H28F3IN4O2S2. The van der Waals surface area contributed by atoms with Crippen LogP contribution in [0, 0.1) is 5.41 Å². The summed E-state index contributed by atoms with van der Waals surface area (Å²) in [5.41, 5.74) is -1.15. The smallest absolute Gasteiger partial charge is 0.357 e. The van der Waals surface area contributed by atoms with Gasteiger partial charge in [-0.1, -0.05) is 13.8 Å². The normalized spacial score (nSPS) is 13.2. The van der Waals surface area contributed by atoms with E-state index in [0.717, 1.165) is 16.7 Å².